The van der Waals surface area contributed by atoms with Crippen LogP contribution in [0.5, 0.6) is 0 Å². The standard InChI is InChI=1S/C42H27NO/c1-2-9-28(10-3-1)29-17-22-32(23-18-29)43(39-14-8-16-41-42(39)37-13-6-7-15-40(37)44-41)33-24-19-31-21-25-35-34-12-5-4-11-30(34)20-26-36(35)38(31)27-33/h1-27H. The fourth-order valence-corrected chi connectivity index (χ4v) is 6.75. The maximum atomic E-state index is 6.33. The van der Waals surface area contributed by atoms with Gasteiger partial charge in [-0.05, 0) is 85.9 Å². The van der Waals surface area contributed by atoms with Crippen molar-refractivity contribution >= 4 is 71.3 Å². The number of fused-ring (bicyclic) bond motifs is 8. The zero-order chi connectivity index (χ0) is 29.0. The number of rotatable bonds is 4. The second-order valence-electron chi connectivity index (χ2n) is 11.3. The van der Waals surface area contributed by atoms with E-state index in [0.29, 0.717) is 0 Å². The Bertz CT molecular complexity index is 2490. The van der Waals surface area contributed by atoms with E-state index in [-0.39, 0.29) is 0 Å². The molecule has 0 fully saturated rings. The first-order chi connectivity index (χ1) is 21.8. The summed E-state index contributed by atoms with van der Waals surface area (Å²) in [5, 5.41) is 9.75. The summed E-state index contributed by atoms with van der Waals surface area (Å²) in [5.74, 6) is 0. The van der Waals surface area contributed by atoms with Gasteiger partial charge in [0.05, 0.1) is 11.1 Å². The molecule has 0 unspecified atom stereocenters. The first-order valence-electron chi connectivity index (χ1n) is 15.0. The minimum absolute atomic E-state index is 0.882. The molecule has 0 saturated heterocycles. The molecular weight excluding hydrogens is 534 g/mol. The van der Waals surface area contributed by atoms with Crippen molar-refractivity contribution in [1.82, 2.24) is 0 Å². The Labute approximate surface area is 255 Å². The van der Waals surface area contributed by atoms with E-state index in [2.05, 4.69) is 157 Å². The molecule has 2 nitrogen and oxygen atoms in total. The van der Waals surface area contributed by atoms with E-state index in [0.717, 1.165) is 39.0 Å². The summed E-state index contributed by atoms with van der Waals surface area (Å²) in [6, 6.07) is 58.6. The first-order valence-corrected chi connectivity index (χ1v) is 15.0. The van der Waals surface area contributed by atoms with Crippen LogP contribution in [-0.4, -0.2) is 0 Å². The SMILES string of the molecule is c1ccc(-c2ccc(N(c3ccc4ccc5c6ccccc6ccc5c4c3)c3cccc4oc5ccccc5c34)cc2)cc1. The molecule has 0 saturated carbocycles. The second kappa shape index (κ2) is 9.86. The number of benzene rings is 8. The number of nitrogens with zero attached hydrogens (tertiary/aromatic N) is 1. The Morgan fingerprint density at radius 2 is 0.977 bits per heavy atom. The van der Waals surface area contributed by atoms with E-state index < -0.39 is 0 Å². The van der Waals surface area contributed by atoms with Gasteiger partial charge in [0, 0.05) is 16.8 Å². The third kappa shape index (κ3) is 3.89. The summed E-state index contributed by atoms with van der Waals surface area (Å²) in [6.45, 7) is 0. The van der Waals surface area contributed by atoms with Crippen LogP contribution in [0.15, 0.2) is 168 Å². The highest BCUT2D eigenvalue weighted by Gasteiger charge is 2.20. The molecule has 0 N–H and O–H groups in total. The van der Waals surface area contributed by atoms with Crippen LogP contribution in [0.2, 0.25) is 0 Å². The molecule has 0 amide bonds. The Morgan fingerprint density at radius 3 is 1.82 bits per heavy atom. The molecule has 9 aromatic rings. The summed E-state index contributed by atoms with van der Waals surface area (Å²) in [5.41, 5.74) is 7.45. The van der Waals surface area contributed by atoms with Crippen molar-refractivity contribution in [2.45, 2.75) is 0 Å². The lowest BCUT2D eigenvalue weighted by Gasteiger charge is -2.27. The van der Waals surface area contributed by atoms with E-state index in [1.807, 2.05) is 12.1 Å². The smallest absolute Gasteiger partial charge is 0.137 e. The van der Waals surface area contributed by atoms with E-state index >= 15 is 0 Å². The maximum Gasteiger partial charge on any atom is 0.137 e. The van der Waals surface area contributed by atoms with E-state index in [1.165, 1.54) is 43.4 Å². The molecule has 0 spiro atoms. The van der Waals surface area contributed by atoms with E-state index in [9.17, 15) is 0 Å². The molecule has 0 bridgehead atoms. The average molecular weight is 562 g/mol. The van der Waals surface area contributed by atoms with Crippen molar-refractivity contribution in [3.63, 3.8) is 0 Å². The van der Waals surface area contributed by atoms with E-state index in [1.54, 1.807) is 0 Å². The van der Waals surface area contributed by atoms with Gasteiger partial charge >= 0.3 is 0 Å². The van der Waals surface area contributed by atoms with E-state index in [4.69, 9.17) is 4.42 Å². The number of para-hydroxylation sites is 1. The fourth-order valence-electron chi connectivity index (χ4n) is 6.75. The van der Waals surface area contributed by atoms with Crippen LogP contribution in [0.4, 0.5) is 17.1 Å². The molecule has 44 heavy (non-hydrogen) atoms. The lowest BCUT2D eigenvalue weighted by atomic mass is 9.96. The maximum absolute atomic E-state index is 6.33. The molecule has 0 aliphatic carbocycles. The fraction of sp³-hybridized carbons (Fsp3) is 0. The predicted octanol–water partition coefficient (Wildman–Crippen LogP) is 12.2. The summed E-state index contributed by atoms with van der Waals surface area (Å²) < 4.78 is 6.33. The van der Waals surface area contributed by atoms with Gasteiger partial charge in [-0.3, -0.25) is 0 Å². The average Bonchev–Trinajstić information content (AvgIpc) is 3.48. The van der Waals surface area contributed by atoms with Crippen LogP contribution in [0.1, 0.15) is 0 Å². The van der Waals surface area contributed by atoms with Crippen LogP contribution in [0.3, 0.4) is 0 Å². The van der Waals surface area contributed by atoms with Crippen molar-refractivity contribution in [1.29, 1.82) is 0 Å². The molecule has 1 heterocycles. The third-order valence-electron chi connectivity index (χ3n) is 8.84. The van der Waals surface area contributed by atoms with Crippen LogP contribution >= 0.6 is 0 Å². The minimum atomic E-state index is 0.882. The van der Waals surface area contributed by atoms with Crippen molar-refractivity contribution in [3.8, 4) is 11.1 Å². The lowest BCUT2D eigenvalue weighted by Crippen LogP contribution is -2.10. The van der Waals surface area contributed by atoms with Crippen molar-refractivity contribution in [3.05, 3.63) is 164 Å². The summed E-state index contributed by atoms with van der Waals surface area (Å²) >= 11 is 0. The normalized spacial score (nSPS) is 11.6. The predicted molar refractivity (Wildman–Crippen MR) is 186 cm³/mol. The minimum Gasteiger partial charge on any atom is -0.456 e. The van der Waals surface area contributed by atoms with Gasteiger partial charge in [0.1, 0.15) is 11.2 Å². The third-order valence-corrected chi connectivity index (χ3v) is 8.84. The van der Waals surface area contributed by atoms with Gasteiger partial charge < -0.3 is 9.32 Å². The number of furan rings is 1. The van der Waals surface area contributed by atoms with Gasteiger partial charge in [0.25, 0.3) is 0 Å². The number of hydrogen-bond donors (Lipinski definition) is 0. The lowest BCUT2D eigenvalue weighted by molar-refractivity contribution is 0.669. The summed E-state index contributed by atoms with van der Waals surface area (Å²) in [7, 11) is 0. The Morgan fingerprint density at radius 1 is 0.364 bits per heavy atom. The van der Waals surface area contributed by atoms with Crippen LogP contribution in [-0.2, 0) is 0 Å². The van der Waals surface area contributed by atoms with Gasteiger partial charge in [-0.2, -0.15) is 0 Å². The largest absolute Gasteiger partial charge is 0.456 e. The van der Waals surface area contributed by atoms with Gasteiger partial charge in [-0.1, -0.05) is 121 Å². The molecule has 9 rings (SSSR count). The quantitative estimate of drug-likeness (QED) is 0.199. The number of hydrogen-bond acceptors (Lipinski definition) is 2. The zero-order valence-electron chi connectivity index (χ0n) is 23.9. The highest BCUT2D eigenvalue weighted by molar-refractivity contribution is 6.18. The Kier molecular flexibility index (Phi) is 5.54. The monoisotopic (exact) mass is 561 g/mol. The molecule has 1 aromatic heterocycles. The molecule has 0 aliphatic heterocycles. The van der Waals surface area contributed by atoms with Crippen LogP contribution < -0.4 is 4.90 Å². The molecular formula is C42H27NO. The molecule has 2 heteroatoms. The van der Waals surface area contributed by atoms with Gasteiger partial charge in [0.15, 0.2) is 0 Å². The number of anilines is 3. The molecule has 8 aromatic carbocycles. The van der Waals surface area contributed by atoms with Gasteiger partial charge in [-0.25, -0.2) is 0 Å². The summed E-state index contributed by atoms with van der Waals surface area (Å²) in [6.07, 6.45) is 0. The van der Waals surface area contributed by atoms with Crippen molar-refractivity contribution < 1.29 is 4.42 Å². The Hall–Kier alpha value is -5.86. The van der Waals surface area contributed by atoms with Crippen molar-refractivity contribution in [2.75, 3.05) is 4.90 Å². The Balaban J connectivity index is 1.30. The second-order valence-corrected chi connectivity index (χ2v) is 11.3. The topological polar surface area (TPSA) is 16.4 Å². The van der Waals surface area contributed by atoms with Gasteiger partial charge in [0.2, 0.25) is 0 Å². The molecule has 0 aliphatic rings. The highest BCUT2D eigenvalue weighted by atomic mass is 16.3. The zero-order valence-corrected chi connectivity index (χ0v) is 23.9. The summed E-state index contributed by atoms with van der Waals surface area (Å²) in [4.78, 5) is 2.37. The van der Waals surface area contributed by atoms with Gasteiger partial charge in [-0.15, -0.1) is 0 Å². The highest BCUT2D eigenvalue weighted by Crippen LogP contribution is 2.44. The molecule has 0 radical (unpaired) electrons. The van der Waals surface area contributed by atoms with Crippen molar-refractivity contribution in [2.24, 2.45) is 0 Å². The first kappa shape index (κ1) is 24.7. The molecule has 0 atom stereocenters. The molecule has 206 valence electrons. The van der Waals surface area contributed by atoms with Crippen LogP contribution in [0.25, 0.3) is 65.4 Å². The van der Waals surface area contributed by atoms with Crippen LogP contribution in [0, 0.1) is 0 Å².